The molecule has 3 unspecified atom stereocenters. The highest BCUT2D eigenvalue weighted by molar-refractivity contribution is 5.72. The van der Waals surface area contributed by atoms with E-state index in [0.717, 1.165) is 0 Å². The summed E-state index contributed by atoms with van der Waals surface area (Å²) in [5.41, 5.74) is 0. The molecule has 0 aromatic rings. The lowest BCUT2D eigenvalue weighted by Gasteiger charge is -2.36. The molecule has 1 N–H and O–H groups in total. The Morgan fingerprint density at radius 1 is 1.56 bits per heavy atom. The second-order valence-electron chi connectivity index (χ2n) is 3.89. The van der Waals surface area contributed by atoms with Crippen molar-refractivity contribution in [3.63, 3.8) is 0 Å². The van der Waals surface area contributed by atoms with Crippen LogP contribution in [0.5, 0.6) is 0 Å². The highest BCUT2D eigenvalue weighted by Gasteiger charge is 2.40. The number of allylic oxidation sites excluding steroid dienone is 2. The lowest BCUT2D eigenvalue weighted by molar-refractivity contribution is -0.162. The van der Waals surface area contributed by atoms with Gasteiger partial charge in [-0.05, 0) is 25.0 Å². The monoisotopic (exact) mass is 228 g/mol. The molecule has 1 heterocycles. The van der Waals surface area contributed by atoms with E-state index >= 15 is 0 Å². The maximum absolute atomic E-state index is 13.5. The van der Waals surface area contributed by atoms with Crippen LogP contribution in [0.3, 0.4) is 0 Å². The molecule has 0 radical (unpaired) electrons. The van der Waals surface area contributed by atoms with Crippen LogP contribution in [-0.4, -0.2) is 30.4 Å². The molecule has 0 aromatic carbocycles. The third-order valence-corrected chi connectivity index (χ3v) is 2.97. The SMILES string of the molecule is COC1=CC=C(F)C2CCC(C(=O)O)OC12. The van der Waals surface area contributed by atoms with Crippen molar-refractivity contribution in [1.29, 1.82) is 0 Å². The first kappa shape index (κ1) is 11.1. The predicted octanol–water partition coefficient (Wildman–Crippen LogP) is 1.63. The summed E-state index contributed by atoms with van der Waals surface area (Å²) in [5, 5.41) is 8.86. The van der Waals surface area contributed by atoms with Gasteiger partial charge in [0.1, 0.15) is 17.7 Å². The zero-order valence-corrected chi connectivity index (χ0v) is 8.85. The van der Waals surface area contributed by atoms with Crippen molar-refractivity contribution in [1.82, 2.24) is 0 Å². The molecule has 0 bridgehead atoms. The van der Waals surface area contributed by atoms with Crippen molar-refractivity contribution < 1.29 is 23.8 Å². The van der Waals surface area contributed by atoms with E-state index in [9.17, 15) is 9.18 Å². The minimum absolute atomic E-state index is 0.269. The molecule has 0 aromatic heterocycles. The minimum Gasteiger partial charge on any atom is -0.498 e. The fourth-order valence-electron chi connectivity index (χ4n) is 2.12. The number of carboxylic acid groups (broad SMARTS) is 1. The van der Waals surface area contributed by atoms with Gasteiger partial charge in [-0.1, -0.05) is 0 Å². The number of halogens is 1. The Morgan fingerprint density at radius 3 is 2.94 bits per heavy atom. The van der Waals surface area contributed by atoms with Gasteiger partial charge in [-0.15, -0.1) is 0 Å². The summed E-state index contributed by atoms with van der Waals surface area (Å²) in [4.78, 5) is 10.8. The number of aliphatic carboxylic acids is 1. The van der Waals surface area contributed by atoms with E-state index in [0.29, 0.717) is 18.6 Å². The lowest BCUT2D eigenvalue weighted by Crippen LogP contribution is -2.41. The number of carboxylic acids is 1. The predicted molar refractivity (Wildman–Crippen MR) is 53.3 cm³/mol. The van der Waals surface area contributed by atoms with Crippen molar-refractivity contribution >= 4 is 5.97 Å². The molecule has 3 atom stereocenters. The quantitative estimate of drug-likeness (QED) is 0.780. The number of fused-ring (bicyclic) bond motifs is 1. The highest BCUT2D eigenvalue weighted by atomic mass is 19.1. The fourth-order valence-corrected chi connectivity index (χ4v) is 2.12. The van der Waals surface area contributed by atoms with Crippen LogP contribution in [0.1, 0.15) is 12.8 Å². The molecule has 88 valence electrons. The second kappa shape index (κ2) is 4.25. The summed E-state index contributed by atoms with van der Waals surface area (Å²) >= 11 is 0. The van der Waals surface area contributed by atoms with Gasteiger partial charge in [-0.2, -0.15) is 0 Å². The molecule has 1 aliphatic carbocycles. The largest absolute Gasteiger partial charge is 0.498 e. The van der Waals surface area contributed by atoms with Gasteiger partial charge in [0.05, 0.1) is 7.11 Å². The Kier molecular flexibility index (Phi) is 2.96. The third kappa shape index (κ3) is 1.82. The van der Waals surface area contributed by atoms with Crippen LogP contribution in [0.4, 0.5) is 4.39 Å². The number of carbonyl (C=O) groups is 1. The van der Waals surface area contributed by atoms with E-state index < -0.39 is 24.1 Å². The van der Waals surface area contributed by atoms with Gasteiger partial charge >= 0.3 is 5.97 Å². The third-order valence-electron chi connectivity index (χ3n) is 2.97. The molecule has 0 saturated carbocycles. The van der Waals surface area contributed by atoms with E-state index in [1.807, 2.05) is 0 Å². The van der Waals surface area contributed by atoms with Crippen molar-refractivity contribution in [2.45, 2.75) is 25.0 Å². The second-order valence-corrected chi connectivity index (χ2v) is 3.89. The van der Waals surface area contributed by atoms with Gasteiger partial charge < -0.3 is 14.6 Å². The summed E-state index contributed by atoms with van der Waals surface area (Å²) in [6.45, 7) is 0. The highest BCUT2D eigenvalue weighted by Crippen LogP contribution is 2.37. The number of hydrogen-bond donors (Lipinski definition) is 1. The van der Waals surface area contributed by atoms with Gasteiger partial charge in [0.25, 0.3) is 0 Å². The summed E-state index contributed by atoms with van der Waals surface area (Å²) in [5.74, 6) is -1.20. The Labute approximate surface area is 92.3 Å². The van der Waals surface area contributed by atoms with E-state index in [1.165, 1.54) is 19.3 Å². The van der Waals surface area contributed by atoms with Crippen LogP contribution >= 0.6 is 0 Å². The molecule has 1 fully saturated rings. The van der Waals surface area contributed by atoms with Gasteiger partial charge in [-0.25, -0.2) is 9.18 Å². The number of ether oxygens (including phenoxy) is 2. The molecule has 1 aliphatic heterocycles. The zero-order valence-electron chi connectivity index (χ0n) is 8.85. The standard InChI is InChI=1S/C11H13FO4/c1-15-8-5-3-7(12)6-2-4-9(11(13)14)16-10(6)8/h3,5-6,9-10H,2,4H2,1H3,(H,13,14). The average molecular weight is 228 g/mol. The maximum atomic E-state index is 13.5. The number of methoxy groups -OCH3 is 1. The smallest absolute Gasteiger partial charge is 0.332 e. The molecule has 0 amide bonds. The van der Waals surface area contributed by atoms with Crippen molar-refractivity contribution in [2.75, 3.05) is 7.11 Å². The topological polar surface area (TPSA) is 55.8 Å². The van der Waals surface area contributed by atoms with Crippen LogP contribution in [0.15, 0.2) is 23.7 Å². The number of hydrogen-bond acceptors (Lipinski definition) is 3. The first-order valence-electron chi connectivity index (χ1n) is 5.13. The summed E-state index contributed by atoms with van der Waals surface area (Å²) in [6, 6.07) is 0. The Morgan fingerprint density at radius 2 is 2.31 bits per heavy atom. The summed E-state index contributed by atoms with van der Waals surface area (Å²) < 4.78 is 23.9. The van der Waals surface area contributed by atoms with E-state index in [1.54, 1.807) is 0 Å². The number of rotatable bonds is 2. The Hall–Kier alpha value is -1.36. The molecule has 16 heavy (non-hydrogen) atoms. The molecular formula is C11H13FO4. The first-order chi connectivity index (χ1) is 7.63. The van der Waals surface area contributed by atoms with Crippen LogP contribution < -0.4 is 0 Å². The molecule has 5 heteroatoms. The maximum Gasteiger partial charge on any atom is 0.332 e. The van der Waals surface area contributed by atoms with Gasteiger partial charge in [-0.3, -0.25) is 0 Å². The van der Waals surface area contributed by atoms with Gasteiger partial charge in [0, 0.05) is 5.92 Å². The molecular weight excluding hydrogens is 215 g/mol. The van der Waals surface area contributed by atoms with Gasteiger partial charge in [0.2, 0.25) is 0 Å². The zero-order chi connectivity index (χ0) is 11.7. The van der Waals surface area contributed by atoms with E-state index in [2.05, 4.69) is 0 Å². The van der Waals surface area contributed by atoms with E-state index in [-0.39, 0.29) is 5.83 Å². The Balaban J connectivity index is 2.19. The van der Waals surface area contributed by atoms with Crippen LogP contribution in [-0.2, 0) is 14.3 Å². The first-order valence-corrected chi connectivity index (χ1v) is 5.13. The normalized spacial score (nSPS) is 33.5. The van der Waals surface area contributed by atoms with Crippen molar-refractivity contribution in [3.05, 3.63) is 23.7 Å². The van der Waals surface area contributed by atoms with E-state index in [4.69, 9.17) is 14.6 Å². The molecule has 1 saturated heterocycles. The van der Waals surface area contributed by atoms with Crippen LogP contribution in [0.2, 0.25) is 0 Å². The molecule has 2 aliphatic rings. The average Bonchev–Trinajstić information content (AvgIpc) is 2.29. The van der Waals surface area contributed by atoms with Crippen LogP contribution in [0.25, 0.3) is 0 Å². The Bertz CT molecular complexity index is 361. The lowest BCUT2D eigenvalue weighted by atomic mass is 9.86. The summed E-state index contributed by atoms with van der Waals surface area (Å²) in [7, 11) is 1.47. The fraction of sp³-hybridized carbons (Fsp3) is 0.545. The molecule has 0 spiro atoms. The van der Waals surface area contributed by atoms with Crippen molar-refractivity contribution in [3.8, 4) is 0 Å². The van der Waals surface area contributed by atoms with Crippen LogP contribution in [0, 0.1) is 5.92 Å². The van der Waals surface area contributed by atoms with Gasteiger partial charge in [0.15, 0.2) is 6.10 Å². The summed E-state index contributed by atoms with van der Waals surface area (Å²) in [6.07, 6.45) is 2.15. The minimum atomic E-state index is -1.01. The van der Waals surface area contributed by atoms with Crippen molar-refractivity contribution in [2.24, 2.45) is 5.92 Å². The molecule has 4 nitrogen and oxygen atoms in total. The molecule has 2 rings (SSSR count).